The van der Waals surface area contributed by atoms with Gasteiger partial charge in [-0.15, -0.1) is 0 Å². The maximum Gasteiger partial charge on any atom is 0.211 e. The Balaban J connectivity index is 0.00000385. The monoisotopic (exact) mass is 534 g/mol. The number of hydrogen-bond donors (Lipinski definition) is 0. The van der Waals surface area contributed by atoms with E-state index in [0.717, 1.165) is 61.0 Å². The van der Waals surface area contributed by atoms with Crippen LogP contribution in [0, 0.1) is 0 Å². The topological polar surface area (TPSA) is 25.3 Å². The fourth-order valence-electron chi connectivity index (χ4n) is 4.67. The Hall–Kier alpha value is -1.82. The first-order valence-corrected chi connectivity index (χ1v) is 12.8. The van der Waals surface area contributed by atoms with Gasteiger partial charge in [0.2, 0.25) is 11.4 Å². The van der Waals surface area contributed by atoms with Crippen molar-refractivity contribution >= 4 is 11.4 Å². The summed E-state index contributed by atoms with van der Waals surface area (Å²) in [5.41, 5.74) is 21.0. The van der Waals surface area contributed by atoms with Gasteiger partial charge < -0.3 is 5.53 Å². The molecule has 2 aromatic carbocycles. The van der Waals surface area contributed by atoms with Gasteiger partial charge in [0, 0.05) is 42.7 Å². The molecule has 1 aliphatic heterocycles. The molecule has 0 saturated carbocycles. The number of allylic oxidation sites excluding steroid dienone is 2. The van der Waals surface area contributed by atoms with Gasteiger partial charge in [0.15, 0.2) is 0 Å². The van der Waals surface area contributed by atoms with Crippen LogP contribution < -0.4 is 0 Å². The van der Waals surface area contributed by atoms with Gasteiger partial charge in [-0.25, -0.2) is 4.70 Å². The largest absolute Gasteiger partial charge is 0.493 e. The molecule has 0 spiro atoms. The van der Waals surface area contributed by atoms with Crippen LogP contribution in [0.4, 0.5) is 0 Å². The van der Waals surface area contributed by atoms with Crippen molar-refractivity contribution in [3.05, 3.63) is 87.5 Å². The molecule has 0 N–H and O–H groups in total. The molecule has 0 atom stereocenters. The Labute approximate surface area is 215 Å². The molecule has 1 heterocycles. The van der Waals surface area contributed by atoms with Crippen LogP contribution >= 0.6 is 0 Å². The van der Waals surface area contributed by atoms with Gasteiger partial charge in [-0.3, -0.25) is 0 Å². The average Bonchev–Trinajstić information content (AvgIpc) is 3.11. The van der Waals surface area contributed by atoms with E-state index in [1.54, 1.807) is 0 Å². The van der Waals surface area contributed by atoms with Gasteiger partial charge in [-0.1, -0.05) is 71.2 Å². The van der Waals surface area contributed by atoms with E-state index >= 15 is 0 Å². The molecular formula is C30H40N2Pd. The molecular weight excluding hydrogens is 495 g/mol. The molecule has 2 nitrogen and oxygen atoms in total. The molecule has 2 aromatic rings. The van der Waals surface area contributed by atoms with Crippen LogP contribution in [0.2, 0.25) is 0 Å². The summed E-state index contributed by atoms with van der Waals surface area (Å²) in [6.45, 7) is 8.91. The summed E-state index contributed by atoms with van der Waals surface area (Å²) in [6, 6.07) is 17.7. The number of benzene rings is 2. The Bertz CT molecular complexity index is 965. The predicted octanol–water partition coefficient (Wildman–Crippen LogP) is 9.14. The molecule has 0 radical (unpaired) electrons. The van der Waals surface area contributed by atoms with E-state index in [1.165, 1.54) is 52.7 Å². The molecule has 0 aromatic heterocycles. The molecule has 33 heavy (non-hydrogen) atoms. The number of nitrogens with zero attached hydrogens (tertiary/aromatic N) is 2. The Morgan fingerprint density at radius 2 is 0.970 bits per heavy atom. The maximum atomic E-state index is 11.5. The summed E-state index contributed by atoms with van der Waals surface area (Å²) in [7, 11) is 0. The Kier molecular flexibility index (Phi) is 11.5. The van der Waals surface area contributed by atoms with Gasteiger partial charge in [0.1, 0.15) is 0 Å². The summed E-state index contributed by atoms with van der Waals surface area (Å²) in [4.78, 5) is 0. The molecule has 180 valence electrons. The van der Waals surface area contributed by atoms with Crippen molar-refractivity contribution < 1.29 is 25.1 Å². The fourth-order valence-corrected chi connectivity index (χ4v) is 4.67. The van der Waals surface area contributed by atoms with E-state index in [1.807, 2.05) is 0 Å². The van der Waals surface area contributed by atoms with Crippen LogP contribution in [0.25, 0.3) is 16.9 Å². The van der Waals surface area contributed by atoms with Crippen molar-refractivity contribution in [2.45, 2.75) is 91.9 Å². The van der Waals surface area contributed by atoms with Crippen LogP contribution in [0.3, 0.4) is 0 Å². The smallest absolute Gasteiger partial charge is 0.211 e. The van der Waals surface area contributed by atoms with E-state index in [4.69, 9.17) is 0 Å². The third kappa shape index (κ3) is 6.62. The molecule has 0 aliphatic carbocycles. The Morgan fingerprint density at radius 1 is 0.576 bits per heavy atom. The van der Waals surface area contributed by atoms with Crippen molar-refractivity contribution in [3.8, 4) is 0 Å². The minimum atomic E-state index is 0. The average molecular weight is 535 g/mol. The first-order chi connectivity index (χ1) is 15.6. The number of unbranched alkanes of at least 4 members (excludes halogenated alkanes) is 3. The van der Waals surface area contributed by atoms with Crippen molar-refractivity contribution in [3.63, 3.8) is 0 Å². The van der Waals surface area contributed by atoms with Gasteiger partial charge in [-0.2, -0.15) is 0 Å². The van der Waals surface area contributed by atoms with Crippen molar-refractivity contribution in [2.75, 3.05) is 0 Å². The van der Waals surface area contributed by atoms with E-state index in [2.05, 4.69) is 76.2 Å². The van der Waals surface area contributed by atoms with Crippen LogP contribution in [0.1, 0.15) is 101 Å². The second-order valence-electron chi connectivity index (χ2n) is 9.02. The van der Waals surface area contributed by atoms with Gasteiger partial charge in [0.25, 0.3) is 0 Å². The third-order valence-corrected chi connectivity index (χ3v) is 6.59. The summed E-state index contributed by atoms with van der Waals surface area (Å²) >= 11 is 0. The first kappa shape index (κ1) is 27.4. The number of hydrogen-bond acceptors (Lipinski definition) is 0. The summed E-state index contributed by atoms with van der Waals surface area (Å²) < 4.78 is 1.48. The Morgan fingerprint density at radius 3 is 1.36 bits per heavy atom. The summed E-state index contributed by atoms with van der Waals surface area (Å²) in [5.74, 6) is 0. The third-order valence-electron chi connectivity index (χ3n) is 6.59. The minimum Gasteiger partial charge on any atom is -0.493 e. The van der Waals surface area contributed by atoms with E-state index in [-0.39, 0.29) is 20.4 Å². The first-order valence-electron chi connectivity index (χ1n) is 12.8. The molecule has 0 unspecified atom stereocenters. The molecule has 3 heteroatoms. The van der Waals surface area contributed by atoms with Crippen molar-refractivity contribution in [2.24, 2.45) is 0 Å². The standard InChI is InChI=1S/C30H40N2.Pd/c1-5-9-12-23-15-19-25(20-16-23)29-27(8-4)28(14-11-7-3)30(32(29)31)26-21-17-24(18-22-26)13-10-6-2;/h15-22H,5-14H2,1-4H3;. The summed E-state index contributed by atoms with van der Waals surface area (Å²) in [6.07, 6.45) is 11.3. The zero-order valence-corrected chi connectivity index (χ0v) is 22.5. The molecule has 3 rings (SSSR count). The minimum absolute atomic E-state index is 0. The maximum absolute atomic E-state index is 11.5. The van der Waals surface area contributed by atoms with Crippen LogP contribution in [-0.2, 0) is 33.3 Å². The zero-order chi connectivity index (χ0) is 22.9. The number of rotatable bonds is 12. The van der Waals surface area contributed by atoms with Gasteiger partial charge >= 0.3 is 0 Å². The van der Waals surface area contributed by atoms with E-state index < -0.39 is 0 Å². The second-order valence-corrected chi connectivity index (χ2v) is 9.02. The second kappa shape index (κ2) is 13.8. The number of aryl methyl sites for hydroxylation is 2. The quantitative estimate of drug-likeness (QED) is 0.191. The summed E-state index contributed by atoms with van der Waals surface area (Å²) in [5, 5.41) is 0. The van der Waals surface area contributed by atoms with Crippen molar-refractivity contribution in [1.82, 2.24) is 0 Å². The van der Waals surface area contributed by atoms with Crippen molar-refractivity contribution in [1.29, 1.82) is 0 Å². The zero-order valence-electron chi connectivity index (χ0n) is 20.9. The normalized spacial score (nSPS) is 13.6. The molecule has 0 saturated heterocycles. The SMILES string of the molecule is CCCCC1=C(c2ccc(CCCC)cc2)[N+](=[N-])C(c2ccc(CCCC)cc2)=C1CC.[Pd]. The van der Waals surface area contributed by atoms with Crippen LogP contribution in [-0.4, -0.2) is 4.70 Å². The van der Waals surface area contributed by atoms with E-state index in [0.29, 0.717) is 0 Å². The predicted molar refractivity (Wildman–Crippen MR) is 137 cm³/mol. The van der Waals surface area contributed by atoms with Crippen LogP contribution in [0.5, 0.6) is 0 Å². The molecule has 0 bridgehead atoms. The van der Waals surface area contributed by atoms with Crippen LogP contribution in [0.15, 0.2) is 59.7 Å². The van der Waals surface area contributed by atoms with E-state index in [9.17, 15) is 5.53 Å². The van der Waals surface area contributed by atoms with Gasteiger partial charge in [0.05, 0.1) is 0 Å². The molecule has 0 amide bonds. The fraction of sp³-hybridized carbons (Fsp3) is 0.467. The van der Waals surface area contributed by atoms with Gasteiger partial charge in [-0.05, 0) is 80.3 Å². The molecule has 1 aliphatic rings. The molecule has 0 fully saturated rings.